The predicted octanol–water partition coefficient (Wildman–Crippen LogP) is 3.48. The second-order valence-electron chi connectivity index (χ2n) is 7.85. The molecule has 1 aromatic heterocycles. The van der Waals surface area contributed by atoms with Crippen molar-refractivity contribution in [1.82, 2.24) is 9.55 Å². The number of anilines is 1. The molecule has 7 nitrogen and oxygen atoms in total. The third kappa shape index (κ3) is 4.13. The molecule has 2 heterocycles. The average Bonchev–Trinajstić information content (AvgIpc) is 2.79. The van der Waals surface area contributed by atoms with Gasteiger partial charge in [0.05, 0.1) is 31.4 Å². The summed E-state index contributed by atoms with van der Waals surface area (Å²) >= 11 is 0. The van der Waals surface area contributed by atoms with Gasteiger partial charge in [0.25, 0.3) is 5.56 Å². The third-order valence-electron chi connectivity index (χ3n) is 5.77. The molecule has 2 aromatic carbocycles. The van der Waals surface area contributed by atoms with E-state index in [1.54, 1.807) is 23.8 Å². The normalized spacial score (nSPS) is 13.2. The van der Waals surface area contributed by atoms with E-state index in [2.05, 4.69) is 18.0 Å². The van der Waals surface area contributed by atoms with Gasteiger partial charge in [-0.25, -0.2) is 4.98 Å². The molecule has 0 atom stereocenters. The van der Waals surface area contributed by atoms with Crippen LogP contribution in [0.3, 0.4) is 0 Å². The van der Waals surface area contributed by atoms with Crippen LogP contribution in [-0.4, -0.2) is 36.2 Å². The summed E-state index contributed by atoms with van der Waals surface area (Å²) in [7, 11) is 3.08. The Kier molecular flexibility index (Phi) is 5.93. The molecular formula is C24H27N3O4. The number of hydrogen-bond donors (Lipinski definition) is 0. The lowest BCUT2D eigenvalue weighted by atomic mass is 9.99. The van der Waals surface area contributed by atoms with Gasteiger partial charge in [-0.15, -0.1) is 0 Å². The fraction of sp³-hybridized carbons (Fsp3) is 0.375. The van der Waals surface area contributed by atoms with E-state index in [0.29, 0.717) is 41.8 Å². The molecule has 3 aromatic rings. The fourth-order valence-corrected chi connectivity index (χ4v) is 4.17. The zero-order chi connectivity index (χ0) is 22.0. The summed E-state index contributed by atoms with van der Waals surface area (Å²) in [5.41, 5.74) is 3.87. The van der Waals surface area contributed by atoms with Gasteiger partial charge < -0.3 is 14.4 Å². The number of rotatable bonds is 6. The number of amides is 1. The highest BCUT2D eigenvalue weighted by Gasteiger charge is 2.22. The Labute approximate surface area is 181 Å². The molecule has 1 amide bonds. The van der Waals surface area contributed by atoms with E-state index >= 15 is 0 Å². The summed E-state index contributed by atoms with van der Waals surface area (Å²) in [6.45, 7) is 3.24. The van der Waals surface area contributed by atoms with E-state index in [0.717, 1.165) is 25.1 Å². The van der Waals surface area contributed by atoms with Gasteiger partial charge in [-0.05, 0) is 43.9 Å². The first kappa shape index (κ1) is 20.9. The number of ether oxygens (including phenoxy) is 2. The summed E-state index contributed by atoms with van der Waals surface area (Å²) in [5.74, 6) is 1.11. The Morgan fingerprint density at radius 3 is 2.68 bits per heavy atom. The van der Waals surface area contributed by atoms with Crippen molar-refractivity contribution in [3.63, 3.8) is 0 Å². The predicted molar refractivity (Wildman–Crippen MR) is 120 cm³/mol. The van der Waals surface area contributed by atoms with Gasteiger partial charge in [0.15, 0.2) is 11.5 Å². The van der Waals surface area contributed by atoms with E-state index < -0.39 is 0 Å². The summed E-state index contributed by atoms with van der Waals surface area (Å²) < 4.78 is 12.1. The number of methoxy groups -OCH3 is 2. The Balaban J connectivity index is 1.47. The third-order valence-corrected chi connectivity index (χ3v) is 5.77. The van der Waals surface area contributed by atoms with Crippen LogP contribution in [0.4, 0.5) is 5.69 Å². The molecule has 0 saturated carbocycles. The van der Waals surface area contributed by atoms with Gasteiger partial charge in [0.1, 0.15) is 0 Å². The number of carbonyl (C=O) groups excluding carboxylic acids is 1. The number of aromatic nitrogens is 2. The van der Waals surface area contributed by atoms with Gasteiger partial charge in [-0.2, -0.15) is 0 Å². The van der Waals surface area contributed by atoms with E-state index in [1.807, 2.05) is 17.0 Å². The molecule has 31 heavy (non-hydrogen) atoms. The van der Waals surface area contributed by atoms with Crippen LogP contribution < -0.4 is 19.9 Å². The first-order chi connectivity index (χ1) is 15.0. The quantitative estimate of drug-likeness (QED) is 0.609. The molecule has 0 unspecified atom stereocenters. The van der Waals surface area contributed by atoms with Crippen LogP contribution in [0, 0.1) is 6.92 Å². The van der Waals surface area contributed by atoms with Crippen molar-refractivity contribution >= 4 is 22.5 Å². The maximum absolute atomic E-state index is 12.9. The molecule has 0 fully saturated rings. The van der Waals surface area contributed by atoms with Crippen molar-refractivity contribution in [3.8, 4) is 11.5 Å². The second-order valence-corrected chi connectivity index (χ2v) is 7.85. The molecule has 162 valence electrons. The van der Waals surface area contributed by atoms with Gasteiger partial charge in [0, 0.05) is 31.3 Å². The molecular weight excluding hydrogens is 394 g/mol. The maximum atomic E-state index is 12.9. The standard InChI is InChI=1S/C24H27N3O4/c1-16-8-9-20-17(12-16)6-4-11-27(20)23(28)7-5-10-26-15-25-19-14-22(31-3)21(30-2)13-18(19)24(26)29/h8-9,12-15H,4-7,10-11H2,1-3H3. The highest BCUT2D eigenvalue weighted by atomic mass is 16.5. The van der Waals surface area contributed by atoms with Crippen LogP contribution in [-0.2, 0) is 17.8 Å². The van der Waals surface area contributed by atoms with Crippen LogP contribution in [0.25, 0.3) is 10.9 Å². The van der Waals surface area contributed by atoms with Crippen molar-refractivity contribution in [1.29, 1.82) is 0 Å². The van der Waals surface area contributed by atoms with Crippen molar-refractivity contribution in [2.24, 2.45) is 0 Å². The monoisotopic (exact) mass is 421 g/mol. The van der Waals surface area contributed by atoms with Crippen LogP contribution in [0.5, 0.6) is 11.5 Å². The molecule has 0 aliphatic carbocycles. The van der Waals surface area contributed by atoms with Gasteiger partial charge in [-0.1, -0.05) is 17.7 Å². The highest BCUT2D eigenvalue weighted by Crippen LogP contribution is 2.30. The first-order valence-electron chi connectivity index (χ1n) is 10.5. The Morgan fingerprint density at radius 2 is 1.90 bits per heavy atom. The van der Waals surface area contributed by atoms with Gasteiger partial charge in [0.2, 0.25) is 5.91 Å². The van der Waals surface area contributed by atoms with E-state index in [-0.39, 0.29) is 11.5 Å². The van der Waals surface area contributed by atoms with Gasteiger partial charge in [-0.3, -0.25) is 14.2 Å². The summed E-state index contributed by atoms with van der Waals surface area (Å²) in [5, 5.41) is 0.465. The Hall–Kier alpha value is -3.35. The second kappa shape index (κ2) is 8.79. The zero-order valence-corrected chi connectivity index (χ0v) is 18.2. The molecule has 0 radical (unpaired) electrons. The molecule has 0 saturated heterocycles. The van der Waals surface area contributed by atoms with Gasteiger partial charge >= 0.3 is 0 Å². The summed E-state index contributed by atoms with van der Waals surface area (Å²) in [6, 6.07) is 9.60. The van der Waals surface area contributed by atoms with Crippen molar-refractivity contribution in [2.75, 3.05) is 25.7 Å². The van der Waals surface area contributed by atoms with Crippen LogP contribution in [0.1, 0.15) is 30.4 Å². The molecule has 1 aliphatic heterocycles. The fourth-order valence-electron chi connectivity index (χ4n) is 4.17. The summed E-state index contributed by atoms with van der Waals surface area (Å²) in [6.07, 6.45) is 4.45. The molecule has 0 spiro atoms. The number of fused-ring (bicyclic) bond motifs is 2. The SMILES string of the molecule is COc1cc2ncn(CCCC(=O)N3CCCc4cc(C)ccc43)c(=O)c2cc1OC. The zero-order valence-electron chi connectivity index (χ0n) is 18.2. The molecule has 0 bridgehead atoms. The maximum Gasteiger partial charge on any atom is 0.261 e. The van der Waals surface area contributed by atoms with Crippen molar-refractivity contribution in [2.45, 2.75) is 39.2 Å². The smallest absolute Gasteiger partial charge is 0.261 e. The topological polar surface area (TPSA) is 73.7 Å². The van der Waals surface area contributed by atoms with E-state index in [9.17, 15) is 9.59 Å². The highest BCUT2D eigenvalue weighted by molar-refractivity contribution is 5.94. The van der Waals surface area contributed by atoms with Crippen LogP contribution in [0.2, 0.25) is 0 Å². The molecule has 4 rings (SSSR count). The minimum Gasteiger partial charge on any atom is -0.493 e. The van der Waals surface area contributed by atoms with E-state index in [4.69, 9.17) is 9.47 Å². The Morgan fingerprint density at radius 1 is 1.13 bits per heavy atom. The lowest BCUT2D eigenvalue weighted by Crippen LogP contribution is -2.35. The Bertz CT molecular complexity index is 1190. The molecule has 0 N–H and O–H groups in total. The van der Waals surface area contributed by atoms with E-state index in [1.165, 1.54) is 24.6 Å². The number of aryl methyl sites for hydroxylation is 3. The minimum atomic E-state index is -0.155. The van der Waals surface area contributed by atoms with Crippen LogP contribution in [0.15, 0.2) is 41.5 Å². The number of hydrogen-bond acceptors (Lipinski definition) is 5. The summed E-state index contributed by atoms with van der Waals surface area (Å²) in [4.78, 5) is 32.0. The number of nitrogens with zero attached hydrogens (tertiary/aromatic N) is 3. The minimum absolute atomic E-state index is 0.0954. The lowest BCUT2D eigenvalue weighted by Gasteiger charge is -2.30. The molecule has 7 heteroatoms. The number of benzene rings is 2. The average molecular weight is 421 g/mol. The first-order valence-corrected chi connectivity index (χ1v) is 10.5. The lowest BCUT2D eigenvalue weighted by molar-refractivity contribution is -0.118. The van der Waals surface area contributed by atoms with Crippen molar-refractivity contribution < 1.29 is 14.3 Å². The van der Waals surface area contributed by atoms with Crippen LogP contribution >= 0.6 is 0 Å². The van der Waals surface area contributed by atoms with Crippen molar-refractivity contribution in [3.05, 3.63) is 58.1 Å². The molecule has 1 aliphatic rings. The largest absolute Gasteiger partial charge is 0.493 e. The number of carbonyl (C=O) groups is 1.